The van der Waals surface area contributed by atoms with Crippen LogP contribution < -0.4 is 11.1 Å². The molecule has 0 aliphatic carbocycles. The van der Waals surface area contributed by atoms with E-state index in [1.54, 1.807) is 0 Å². The van der Waals surface area contributed by atoms with E-state index in [0.29, 0.717) is 12.2 Å². The van der Waals surface area contributed by atoms with Crippen LogP contribution in [0, 0.1) is 10.1 Å². The van der Waals surface area contributed by atoms with E-state index in [1.165, 1.54) is 18.2 Å². The molecule has 1 aliphatic rings. The van der Waals surface area contributed by atoms with Gasteiger partial charge in [0.25, 0.3) is 11.6 Å². The van der Waals surface area contributed by atoms with E-state index in [9.17, 15) is 14.9 Å². The molecular formula is C14H19N3O4. The molecule has 1 saturated heterocycles. The van der Waals surface area contributed by atoms with Gasteiger partial charge in [-0.25, -0.2) is 0 Å². The summed E-state index contributed by atoms with van der Waals surface area (Å²) in [7, 11) is 0. The number of nitrogens with zero attached hydrogens (tertiary/aromatic N) is 1. The van der Waals surface area contributed by atoms with Crippen LogP contribution in [0.15, 0.2) is 18.2 Å². The molecule has 1 aromatic carbocycles. The van der Waals surface area contributed by atoms with Crippen LogP contribution in [0.2, 0.25) is 0 Å². The minimum atomic E-state index is -0.571. The molecule has 114 valence electrons. The number of hydrogen-bond acceptors (Lipinski definition) is 5. The van der Waals surface area contributed by atoms with Crippen LogP contribution in [0.1, 0.15) is 37.0 Å². The van der Waals surface area contributed by atoms with Crippen molar-refractivity contribution in [1.29, 1.82) is 0 Å². The van der Waals surface area contributed by atoms with Gasteiger partial charge in [0.1, 0.15) is 5.69 Å². The second kappa shape index (κ2) is 5.69. The number of rotatable bonds is 3. The van der Waals surface area contributed by atoms with Crippen LogP contribution in [0.4, 0.5) is 11.4 Å². The molecule has 1 heterocycles. The molecule has 7 nitrogen and oxygen atoms in total. The van der Waals surface area contributed by atoms with Gasteiger partial charge in [-0.05, 0) is 38.8 Å². The molecule has 1 unspecified atom stereocenters. The average molecular weight is 293 g/mol. The number of ether oxygens (including phenoxy) is 1. The average Bonchev–Trinajstić information content (AvgIpc) is 2.36. The first-order valence-corrected chi connectivity index (χ1v) is 6.77. The molecule has 0 spiro atoms. The summed E-state index contributed by atoms with van der Waals surface area (Å²) in [4.78, 5) is 22.3. The third kappa shape index (κ3) is 3.69. The lowest BCUT2D eigenvalue weighted by atomic mass is 9.93. The second-order valence-corrected chi connectivity index (χ2v) is 5.80. The Labute approximate surface area is 122 Å². The van der Waals surface area contributed by atoms with E-state index in [2.05, 4.69) is 5.32 Å². The Balaban J connectivity index is 2.07. The number of amides is 1. The Hall–Kier alpha value is -2.15. The fourth-order valence-corrected chi connectivity index (χ4v) is 2.49. The van der Waals surface area contributed by atoms with Gasteiger partial charge >= 0.3 is 0 Å². The zero-order valence-corrected chi connectivity index (χ0v) is 12.1. The monoisotopic (exact) mass is 293 g/mol. The number of hydrogen-bond donors (Lipinski definition) is 2. The summed E-state index contributed by atoms with van der Waals surface area (Å²) >= 11 is 0. The van der Waals surface area contributed by atoms with E-state index >= 15 is 0 Å². The summed E-state index contributed by atoms with van der Waals surface area (Å²) < 4.78 is 5.60. The smallest absolute Gasteiger partial charge is 0.292 e. The maximum atomic E-state index is 12.2. The Morgan fingerprint density at radius 1 is 1.52 bits per heavy atom. The van der Waals surface area contributed by atoms with Crippen molar-refractivity contribution in [3.8, 4) is 0 Å². The van der Waals surface area contributed by atoms with Crippen LogP contribution in [0.5, 0.6) is 0 Å². The second-order valence-electron chi connectivity index (χ2n) is 5.80. The number of nitrogens with one attached hydrogen (secondary N) is 1. The third-order valence-corrected chi connectivity index (χ3v) is 3.52. The number of carbonyl (C=O) groups is 1. The van der Waals surface area contributed by atoms with Crippen LogP contribution in [-0.2, 0) is 4.74 Å². The zero-order chi connectivity index (χ0) is 15.6. The first kappa shape index (κ1) is 15.2. The highest BCUT2D eigenvalue weighted by atomic mass is 16.6. The van der Waals surface area contributed by atoms with Crippen molar-refractivity contribution in [2.45, 2.75) is 38.3 Å². The van der Waals surface area contributed by atoms with Crippen LogP contribution >= 0.6 is 0 Å². The Bertz CT molecular complexity index is 571. The number of anilines is 1. The van der Waals surface area contributed by atoms with Crippen LogP contribution in [0.3, 0.4) is 0 Å². The van der Waals surface area contributed by atoms with Crippen molar-refractivity contribution in [3.05, 3.63) is 33.9 Å². The largest absolute Gasteiger partial charge is 0.393 e. The molecular weight excluding hydrogens is 274 g/mol. The molecule has 1 aliphatic heterocycles. The van der Waals surface area contributed by atoms with Gasteiger partial charge in [-0.2, -0.15) is 0 Å². The minimum Gasteiger partial charge on any atom is -0.393 e. The molecule has 0 radical (unpaired) electrons. The van der Waals surface area contributed by atoms with Crippen molar-refractivity contribution >= 4 is 17.3 Å². The third-order valence-electron chi connectivity index (χ3n) is 3.52. The van der Waals surface area contributed by atoms with Crippen molar-refractivity contribution in [2.24, 2.45) is 0 Å². The van der Waals surface area contributed by atoms with Gasteiger partial charge in [0, 0.05) is 24.3 Å². The van der Waals surface area contributed by atoms with Gasteiger partial charge in [-0.1, -0.05) is 0 Å². The van der Waals surface area contributed by atoms with Crippen molar-refractivity contribution in [3.63, 3.8) is 0 Å². The van der Waals surface area contributed by atoms with Crippen molar-refractivity contribution in [1.82, 2.24) is 5.32 Å². The van der Waals surface area contributed by atoms with Crippen LogP contribution in [-0.4, -0.2) is 29.1 Å². The van der Waals surface area contributed by atoms with E-state index < -0.39 is 4.92 Å². The van der Waals surface area contributed by atoms with Crippen molar-refractivity contribution in [2.75, 3.05) is 12.3 Å². The number of nitrogens with two attached hydrogens (primary N) is 1. The lowest BCUT2D eigenvalue weighted by Crippen LogP contribution is -2.45. The first-order chi connectivity index (χ1) is 9.78. The molecule has 2 rings (SSSR count). The topological polar surface area (TPSA) is 107 Å². The maximum absolute atomic E-state index is 12.2. The molecule has 0 saturated carbocycles. The van der Waals surface area contributed by atoms with Crippen molar-refractivity contribution < 1.29 is 14.5 Å². The predicted octanol–water partition coefficient (Wildman–Crippen LogP) is 1.86. The fraction of sp³-hybridized carbons (Fsp3) is 0.500. The number of nitro benzene ring substituents is 1. The Morgan fingerprint density at radius 2 is 2.24 bits per heavy atom. The SMILES string of the molecule is CC1(C)CC(NC(=O)c2ccc([N+](=O)[O-])c(N)c2)CCO1. The number of benzene rings is 1. The number of nitro groups is 1. The van der Waals surface area contributed by atoms with Gasteiger partial charge in [0.05, 0.1) is 10.5 Å². The highest BCUT2D eigenvalue weighted by molar-refractivity contribution is 5.95. The van der Waals surface area contributed by atoms with E-state index in [1.807, 2.05) is 13.8 Å². The van der Waals surface area contributed by atoms with Crippen LogP contribution in [0.25, 0.3) is 0 Å². The molecule has 1 aromatic rings. The van der Waals surface area contributed by atoms with E-state index in [0.717, 1.165) is 12.8 Å². The fourth-order valence-electron chi connectivity index (χ4n) is 2.49. The number of nitrogen functional groups attached to an aromatic ring is 1. The Morgan fingerprint density at radius 3 is 2.81 bits per heavy atom. The van der Waals surface area contributed by atoms with E-state index in [4.69, 9.17) is 10.5 Å². The maximum Gasteiger partial charge on any atom is 0.292 e. The molecule has 1 atom stereocenters. The highest BCUT2D eigenvalue weighted by Gasteiger charge is 2.30. The summed E-state index contributed by atoms with van der Waals surface area (Å²) in [6.07, 6.45) is 1.47. The summed E-state index contributed by atoms with van der Waals surface area (Å²) in [5.41, 5.74) is 5.45. The highest BCUT2D eigenvalue weighted by Crippen LogP contribution is 2.25. The lowest BCUT2D eigenvalue weighted by molar-refractivity contribution is -0.383. The molecule has 3 N–H and O–H groups in total. The minimum absolute atomic E-state index is 0.0139. The van der Waals surface area contributed by atoms with E-state index in [-0.39, 0.29) is 28.9 Å². The van der Waals surface area contributed by atoms with Gasteiger partial charge in [0.2, 0.25) is 0 Å². The van der Waals surface area contributed by atoms with Gasteiger partial charge in [-0.3, -0.25) is 14.9 Å². The number of carbonyl (C=O) groups excluding carboxylic acids is 1. The Kier molecular flexibility index (Phi) is 4.13. The van der Waals surface area contributed by atoms with Gasteiger partial charge in [-0.15, -0.1) is 0 Å². The van der Waals surface area contributed by atoms with Gasteiger partial charge < -0.3 is 15.8 Å². The quantitative estimate of drug-likeness (QED) is 0.502. The summed E-state index contributed by atoms with van der Waals surface area (Å²) in [5.74, 6) is -0.278. The summed E-state index contributed by atoms with van der Waals surface area (Å²) in [6.45, 7) is 4.56. The standard InChI is InChI=1S/C14H19N3O4/c1-14(2)8-10(5-6-21-14)16-13(18)9-3-4-12(17(19)20)11(15)7-9/h3-4,7,10H,5-6,8,15H2,1-2H3,(H,16,18). The molecule has 7 heteroatoms. The summed E-state index contributed by atoms with van der Waals surface area (Å²) in [5, 5.41) is 13.6. The molecule has 1 fully saturated rings. The normalized spacial score (nSPS) is 20.8. The predicted molar refractivity (Wildman–Crippen MR) is 78.0 cm³/mol. The first-order valence-electron chi connectivity index (χ1n) is 6.77. The molecule has 0 bridgehead atoms. The molecule has 21 heavy (non-hydrogen) atoms. The lowest BCUT2D eigenvalue weighted by Gasteiger charge is -2.35. The zero-order valence-electron chi connectivity index (χ0n) is 12.1. The molecule has 1 amide bonds. The van der Waals surface area contributed by atoms with Gasteiger partial charge in [0.15, 0.2) is 0 Å². The molecule has 0 aromatic heterocycles. The summed E-state index contributed by atoms with van der Waals surface area (Å²) in [6, 6.07) is 4.02.